The first kappa shape index (κ1) is 20.8. The van der Waals surface area contributed by atoms with Gasteiger partial charge in [0.1, 0.15) is 0 Å². The highest BCUT2D eigenvalue weighted by Crippen LogP contribution is 2.39. The van der Waals surface area contributed by atoms with Gasteiger partial charge in [0.2, 0.25) is 0 Å². The van der Waals surface area contributed by atoms with Crippen LogP contribution in [0.4, 0.5) is 0 Å². The van der Waals surface area contributed by atoms with Gasteiger partial charge in [-0.05, 0) is 74.2 Å². The minimum absolute atomic E-state index is 0.618. The summed E-state index contributed by atoms with van der Waals surface area (Å²) in [6.07, 6.45) is 0. The summed E-state index contributed by atoms with van der Waals surface area (Å²) in [5.74, 6) is 0. The molecule has 0 radical (unpaired) electrons. The van der Waals surface area contributed by atoms with E-state index in [0.717, 1.165) is 0 Å². The van der Waals surface area contributed by atoms with Crippen molar-refractivity contribution >= 4 is 35.3 Å². The highest BCUT2D eigenvalue weighted by Gasteiger charge is 2.12. The minimum Gasteiger partial charge on any atom is -0.123 e. The van der Waals surface area contributed by atoms with Crippen molar-refractivity contribution < 1.29 is 0 Å². The van der Waals surface area contributed by atoms with Gasteiger partial charge in [-0.2, -0.15) is 0 Å². The third-order valence-electron chi connectivity index (χ3n) is 3.89. The van der Waals surface area contributed by atoms with Crippen molar-refractivity contribution in [2.45, 2.75) is 85.5 Å². The Balaban J connectivity index is 2.30. The SMILES string of the molecule is Cc1cc(SC(C)C)c(C)cc1Sc1cc(C)c(SC(C)C)cc1C. The molecule has 0 nitrogen and oxygen atoms in total. The number of aryl methyl sites for hydroxylation is 4. The summed E-state index contributed by atoms with van der Waals surface area (Å²) in [5, 5.41) is 1.24. The van der Waals surface area contributed by atoms with E-state index < -0.39 is 0 Å². The smallest absolute Gasteiger partial charge is 0.0155 e. The summed E-state index contributed by atoms with van der Waals surface area (Å²) in [5.41, 5.74) is 5.51. The third-order valence-corrected chi connectivity index (χ3v) is 7.54. The first-order valence-electron chi connectivity index (χ1n) is 8.91. The Kier molecular flexibility index (Phi) is 7.42. The van der Waals surface area contributed by atoms with Crippen molar-refractivity contribution in [2.75, 3.05) is 0 Å². The molecule has 2 aromatic rings. The topological polar surface area (TPSA) is 0 Å². The Morgan fingerprint density at radius 2 is 0.800 bits per heavy atom. The molecule has 25 heavy (non-hydrogen) atoms. The maximum absolute atomic E-state index is 2.36. The molecule has 0 N–H and O–H groups in total. The molecule has 3 heteroatoms. The number of thioether (sulfide) groups is 2. The van der Waals surface area contributed by atoms with Crippen LogP contribution in [0.25, 0.3) is 0 Å². The van der Waals surface area contributed by atoms with E-state index in [9.17, 15) is 0 Å². The Morgan fingerprint density at radius 3 is 1.12 bits per heavy atom. The molecule has 0 aromatic heterocycles. The van der Waals surface area contributed by atoms with Crippen LogP contribution in [0, 0.1) is 27.7 Å². The molecule has 0 heterocycles. The fourth-order valence-corrected chi connectivity index (χ4v) is 5.77. The van der Waals surface area contributed by atoms with Crippen LogP contribution in [-0.2, 0) is 0 Å². The summed E-state index contributed by atoms with van der Waals surface area (Å²) in [7, 11) is 0. The summed E-state index contributed by atoms with van der Waals surface area (Å²) in [6.45, 7) is 17.9. The van der Waals surface area contributed by atoms with Gasteiger partial charge in [0, 0.05) is 30.1 Å². The molecule has 0 unspecified atom stereocenters. The van der Waals surface area contributed by atoms with E-state index in [1.807, 2.05) is 35.3 Å². The molecule has 0 fully saturated rings. The predicted molar refractivity (Wildman–Crippen MR) is 118 cm³/mol. The van der Waals surface area contributed by atoms with Crippen molar-refractivity contribution in [3.63, 3.8) is 0 Å². The zero-order chi connectivity index (χ0) is 18.7. The molecule has 0 saturated heterocycles. The van der Waals surface area contributed by atoms with Crippen LogP contribution in [0.15, 0.2) is 43.8 Å². The van der Waals surface area contributed by atoms with E-state index in [1.54, 1.807) is 0 Å². The first-order valence-corrected chi connectivity index (χ1v) is 11.5. The van der Waals surface area contributed by atoms with E-state index in [1.165, 1.54) is 41.8 Å². The second kappa shape index (κ2) is 8.92. The van der Waals surface area contributed by atoms with Crippen LogP contribution < -0.4 is 0 Å². The van der Waals surface area contributed by atoms with E-state index in [-0.39, 0.29) is 0 Å². The molecular formula is C22H30S3. The minimum atomic E-state index is 0.618. The van der Waals surface area contributed by atoms with Gasteiger partial charge in [-0.15, -0.1) is 23.5 Å². The van der Waals surface area contributed by atoms with E-state index in [4.69, 9.17) is 0 Å². The molecule has 0 aliphatic heterocycles. The van der Waals surface area contributed by atoms with Crippen LogP contribution in [0.2, 0.25) is 0 Å². The summed E-state index contributed by atoms with van der Waals surface area (Å²) < 4.78 is 0. The Labute approximate surface area is 167 Å². The van der Waals surface area contributed by atoms with Gasteiger partial charge < -0.3 is 0 Å². The van der Waals surface area contributed by atoms with Gasteiger partial charge in [-0.1, -0.05) is 39.5 Å². The van der Waals surface area contributed by atoms with Gasteiger partial charge >= 0.3 is 0 Å². The number of benzene rings is 2. The predicted octanol–water partition coefficient (Wildman–Crippen LogP) is 8.07. The highest BCUT2D eigenvalue weighted by atomic mass is 32.2. The van der Waals surface area contributed by atoms with Gasteiger partial charge in [0.15, 0.2) is 0 Å². The molecule has 0 bridgehead atoms. The van der Waals surface area contributed by atoms with Crippen molar-refractivity contribution in [1.29, 1.82) is 0 Å². The maximum Gasteiger partial charge on any atom is 0.0155 e. The van der Waals surface area contributed by atoms with Crippen molar-refractivity contribution in [1.82, 2.24) is 0 Å². The van der Waals surface area contributed by atoms with Crippen molar-refractivity contribution in [3.05, 3.63) is 46.5 Å². The number of hydrogen-bond acceptors (Lipinski definition) is 3. The standard InChI is InChI=1S/C22H30S3/c1-13(2)23-19-9-17(7)21(11-15(19)5)25-22-12-16(6)20(10-18(22)8)24-14(3)4/h9-14H,1-8H3. The second-order valence-electron chi connectivity index (χ2n) is 7.20. The van der Waals surface area contributed by atoms with Gasteiger partial charge in [0.05, 0.1) is 0 Å². The van der Waals surface area contributed by atoms with Crippen molar-refractivity contribution in [3.8, 4) is 0 Å². The lowest BCUT2D eigenvalue weighted by atomic mass is 10.2. The molecule has 0 aliphatic carbocycles. The second-order valence-corrected chi connectivity index (χ2v) is 11.5. The zero-order valence-electron chi connectivity index (χ0n) is 16.7. The molecule has 0 amide bonds. The summed E-state index contributed by atoms with van der Waals surface area (Å²) in [6, 6.07) is 9.42. The van der Waals surface area contributed by atoms with Crippen LogP contribution in [0.1, 0.15) is 49.9 Å². The van der Waals surface area contributed by atoms with Gasteiger partial charge in [-0.25, -0.2) is 0 Å². The fourth-order valence-electron chi connectivity index (χ4n) is 2.63. The molecule has 2 rings (SSSR count). The molecule has 136 valence electrons. The lowest BCUT2D eigenvalue weighted by molar-refractivity contribution is 1.09. The average molecular weight is 391 g/mol. The van der Waals surface area contributed by atoms with Crippen LogP contribution >= 0.6 is 35.3 Å². The molecular weight excluding hydrogens is 360 g/mol. The van der Waals surface area contributed by atoms with Gasteiger partial charge in [-0.3, -0.25) is 0 Å². The zero-order valence-corrected chi connectivity index (χ0v) is 19.1. The lowest BCUT2D eigenvalue weighted by Crippen LogP contribution is -1.93. The normalized spacial score (nSPS) is 11.6. The summed E-state index contributed by atoms with van der Waals surface area (Å²) in [4.78, 5) is 5.57. The third kappa shape index (κ3) is 5.74. The van der Waals surface area contributed by atoms with Crippen LogP contribution in [0.3, 0.4) is 0 Å². The van der Waals surface area contributed by atoms with E-state index in [2.05, 4.69) is 79.7 Å². The maximum atomic E-state index is 2.36. The quantitative estimate of drug-likeness (QED) is 0.458. The Bertz CT molecular complexity index is 682. The highest BCUT2D eigenvalue weighted by molar-refractivity contribution is 8.00. The molecule has 0 atom stereocenters. The number of hydrogen-bond donors (Lipinski definition) is 0. The number of rotatable bonds is 6. The van der Waals surface area contributed by atoms with Gasteiger partial charge in [0.25, 0.3) is 0 Å². The fraction of sp³-hybridized carbons (Fsp3) is 0.455. The Hall–Kier alpha value is -0.510. The largest absolute Gasteiger partial charge is 0.123 e. The van der Waals surface area contributed by atoms with Crippen LogP contribution in [-0.4, -0.2) is 10.5 Å². The molecule has 0 aliphatic rings. The monoisotopic (exact) mass is 390 g/mol. The van der Waals surface area contributed by atoms with E-state index in [0.29, 0.717) is 10.5 Å². The van der Waals surface area contributed by atoms with Crippen molar-refractivity contribution in [2.24, 2.45) is 0 Å². The molecule has 0 saturated carbocycles. The van der Waals surface area contributed by atoms with E-state index >= 15 is 0 Å². The summed E-state index contributed by atoms with van der Waals surface area (Å²) >= 11 is 5.82. The van der Waals surface area contributed by atoms with Crippen LogP contribution in [0.5, 0.6) is 0 Å². The lowest BCUT2D eigenvalue weighted by Gasteiger charge is -2.16. The average Bonchev–Trinajstić information content (AvgIpc) is 2.48. The molecule has 2 aromatic carbocycles. The Morgan fingerprint density at radius 1 is 0.520 bits per heavy atom. The molecule has 0 spiro atoms. The first-order chi connectivity index (χ1) is 11.7.